The van der Waals surface area contributed by atoms with E-state index in [-0.39, 0.29) is 11.8 Å². The molecule has 2 N–H and O–H groups in total. The van der Waals surface area contributed by atoms with E-state index in [1.807, 2.05) is 158 Å². The van der Waals surface area contributed by atoms with Crippen molar-refractivity contribution in [3.8, 4) is 0 Å². The Kier molecular flexibility index (Phi) is 9.03. The Morgan fingerprint density at radius 1 is 0.321 bits per heavy atom. The first-order valence-electron chi connectivity index (χ1n) is 18.1. The molecule has 2 amide bonds. The van der Waals surface area contributed by atoms with Gasteiger partial charge in [0.05, 0.1) is 22.7 Å². The lowest BCUT2D eigenvalue weighted by Crippen LogP contribution is -2.16. The first kappa shape index (κ1) is 34.0. The first-order chi connectivity index (χ1) is 27.6. The van der Waals surface area contributed by atoms with E-state index in [0.29, 0.717) is 33.9 Å². The molecule has 0 aromatic heterocycles. The lowest BCUT2D eigenvalue weighted by atomic mass is 10.1. The minimum absolute atomic E-state index is 0.343. The second-order valence-electron chi connectivity index (χ2n) is 13.2. The monoisotopic (exact) mass is 724 g/mol. The average Bonchev–Trinajstić information content (AvgIpc) is 3.25. The lowest BCUT2D eigenvalue weighted by Gasteiger charge is -2.12. The van der Waals surface area contributed by atoms with Crippen molar-refractivity contribution in [2.75, 3.05) is 10.6 Å². The van der Waals surface area contributed by atoms with Crippen LogP contribution in [0.2, 0.25) is 0 Å². The van der Waals surface area contributed by atoms with Crippen LogP contribution in [0.15, 0.2) is 202 Å². The van der Waals surface area contributed by atoms with Gasteiger partial charge in [0.25, 0.3) is 11.8 Å². The van der Waals surface area contributed by atoms with Crippen molar-refractivity contribution < 1.29 is 9.59 Å². The number of carbonyl (C=O) groups is 2. The largest absolute Gasteiger partial charge is 0.321 e. The highest BCUT2D eigenvalue weighted by Crippen LogP contribution is 2.36. The van der Waals surface area contributed by atoms with Crippen LogP contribution in [0.4, 0.5) is 34.1 Å². The van der Waals surface area contributed by atoms with Crippen molar-refractivity contribution in [2.45, 2.75) is 0 Å². The summed E-state index contributed by atoms with van der Waals surface area (Å²) in [5.74, 6) is -0.692. The fourth-order valence-corrected chi connectivity index (χ4v) is 6.96. The van der Waals surface area contributed by atoms with Gasteiger partial charge in [0.1, 0.15) is 0 Å². The molecule has 0 radical (unpaired) electrons. The van der Waals surface area contributed by atoms with E-state index >= 15 is 0 Å². The molecule has 0 saturated carbocycles. The Balaban J connectivity index is 0.939. The summed E-state index contributed by atoms with van der Waals surface area (Å²) in [6.07, 6.45) is 0. The molecule has 266 valence electrons. The van der Waals surface area contributed by atoms with Gasteiger partial charge in [-0.15, -0.1) is 20.5 Å². The van der Waals surface area contributed by atoms with Gasteiger partial charge >= 0.3 is 0 Å². The molecule has 9 aromatic rings. The van der Waals surface area contributed by atoms with Gasteiger partial charge in [0.2, 0.25) is 0 Å². The molecule has 56 heavy (non-hydrogen) atoms. The Morgan fingerprint density at radius 3 is 1.11 bits per heavy atom. The maximum atomic E-state index is 13.7. The first-order valence-corrected chi connectivity index (χ1v) is 18.1. The summed E-state index contributed by atoms with van der Waals surface area (Å²) < 4.78 is 0. The van der Waals surface area contributed by atoms with Gasteiger partial charge in [-0.25, -0.2) is 0 Å². The molecule has 0 saturated heterocycles. The predicted octanol–water partition coefficient (Wildman–Crippen LogP) is 13.6. The summed E-state index contributed by atoms with van der Waals surface area (Å²) in [5, 5.41) is 32.0. The Bertz CT molecular complexity index is 2830. The number of nitrogens with zero attached hydrogens (tertiary/aromatic N) is 4. The quantitative estimate of drug-likeness (QED) is 0.152. The lowest BCUT2D eigenvalue weighted by molar-refractivity contribution is 0.102. The zero-order chi connectivity index (χ0) is 37.8. The van der Waals surface area contributed by atoms with Crippen molar-refractivity contribution in [2.24, 2.45) is 20.5 Å². The molecule has 0 spiro atoms. The maximum absolute atomic E-state index is 13.7. The van der Waals surface area contributed by atoms with Crippen molar-refractivity contribution in [1.82, 2.24) is 0 Å². The van der Waals surface area contributed by atoms with Crippen molar-refractivity contribution in [3.05, 3.63) is 193 Å². The molecule has 0 heterocycles. The zero-order valence-electron chi connectivity index (χ0n) is 29.9. The fraction of sp³-hybridized carbons (Fsp3) is 0. The molecule has 9 aromatic carbocycles. The number of hydrogen-bond acceptors (Lipinski definition) is 6. The van der Waals surface area contributed by atoms with Crippen molar-refractivity contribution in [1.29, 1.82) is 0 Å². The highest BCUT2D eigenvalue weighted by atomic mass is 16.2. The smallest absolute Gasteiger partial charge is 0.255 e. The Labute approximate surface area is 321 Å². The number of benzene rings is 9. The summed E-state index contributed by atoms with van der Waals surface area (Å²) >= 11 is 0. The highest BCUT2D eigenvalue weighted by molar-refractivity contribution is 6.14. The Morgan fingerprint density at radius 2 is 0.661 bits per heavy atom. The number of rotatable bonds is 8. The summed E-state index contributed by atoms with van der Waals surface area (Å²) in [7, 11) is 0. The second-order valence-corrected chi connectivity index (χ2v) is 13.2. The number of fused-ring (bicyclic) bond motifs is 4. The molecular weight excluding hydrogens is 693 g/mol. The van der Waals surface area contributed by atoms with Crippen LogP contribution in [0.1, 0.15) is 20.7 Å². The van der Waals surface area contributed by atoms with Crippen LogP contribution in [0, 0.1) is 0 Å². The molecule has 0 bridgehead atoms. The van der Waals surface area contributed by atoms with Gasteiger partial charge in [-0.1, -0.05) is 127 Å². The molecule has 0 aliphatic rings. The third kappa shape index (κ3) is 6.74. The zero-order valence-corrected chi connectivity index (χ0v) is 29.9. The third-order valence-electron chi connectivity index (χ3n) is 9.75. The minimum atomic E-state index is -0.346. The average molecular weight is 725 g/mol. The van der Waals surface area contributed by atoms with Gasteiger partial charge in [-0.2, -0.15) is 0 Å². The molecule has 0 atom stereocenters. The number of azo groups is 2. The van der Waals surface area contributed by atoms with Crippen molar-refractivity contribution in [3.63, 3.8) is 0 Å². The maximum Gasteiger partial charge on any atom is 0.255 e. The van der Waals surface area contributed by atoms with Crippen LogP contribution in [0.25, 0.3) is 43.1 Å². The van der Waals surface area contributed by atoms with Crippen LogP contribution in [-0.4, -0.2) is 11.8 Å². The van der Waals surface area contributed by atoms with Gasteiger partial charge in [-0.05, 0) is 65.4 Å². The molecule has 0 aliphatic heterocycles. The van der Waals surface area contributed by atoms with Gasteiger partial charge < -0.3 is 10.6 Å². The standard InChI is InChI=1S/C48H32N6O2/c55-47(49-41-26-28-45(39-22-7-5-20-37(39)41)53-51-43-24-10-14-31-12-1-3-18-35(31)43)33-16-9-17-34(30-33)48(56)50-42-27-29-46(40-23-8-6-21-38(40)42)54-52-44-25-11-15-32-13-2-4-19-36(32)44/h1-30H,(H,49,55)(H,50,56)/b53-51+,54-52+. The predicted molar refractivity (Wildman–Crippen MR) is 226 cm³/mol. The molecule has 0 fully saturated rings. The minimum Gasteiger partial charge on any atom is -0.321 e. The summed E-state index contributed by atoms with van der Waals surface area (Å²) in [6.45, 7) is 0. The van der Waals surface area contributed by atoms with Crippen LogP contribution >= 0.6 is 0 Å². The van der Waals surface area contributed by atoms with E-state index in [9.17, 15) is 9.59 Å². The van der Waals surface area contributed by atoms with Crippen LogP contribution in [-0.2, 0) is 0 Å². The number of hydrogen-bond donors (Lipinski definition) is 2. The van der Waals surface area contributed by atoms with Gasteiger partial charge in [0, 0.05) is 54.8 Å². The second kappa shape index (κ2) is 14.9. The van der Waals surface area contributed by atoms with Crippen LogP contribution < -0.4 is 10.6 Å². The number of amides is 2. The molecule has 8 heteroatoms. The molecular formula is C48H32N6O2. The van der Waals surface area contributed by atoms with Crippen LogP contribution in [0.3, 0.4) is 0 Å². The van der Waals surface area contributed by atoms with E-state index in [1.54, 1.807) is 24.3 Å². The third-order valence-corrected chi connectivity index (χ3v) is 9.75. The SMILES string of the molecule is O=C(Nc1ccc(/N=N/c2cccc3ccccc23)c2ccccc12)c1cccc(C(=O)Nc2ccc(/N=N/c3cccc4ccccc34)c3ccccc23)c1. The fourth-order valence-electron chi connectivity index (χ4n) is 6.96. The van der Waals surface area contributed by atoms with Crippen molar-refractivity contribution >= 4 is 89.0 Å². The summed E-state index contributed by atoms with van der Waals surface area (Å²) in [5.41, 5.74) is 4.83. The number of nitrogens with one attached hydrogen (secondary N) is 2. The number of carbonyl (C=O) groups excluding carboxylic acids is 2. The summed E-state index contributed by atoms with van der Waals surface area (Å²) in [4.78, 5) is 27.3. The van der Waals surface area contributed by atoms with E-state index in [2.05, 4.69) is 31.1 Å². The highest BCUT2D eigenvalue weighted by Gasteiger charge is 2.15. The van der Waals surface area contributed by atoms with Gasteiger partial charge in [0.15, 0.2) is 0 Å². The summed E-state index contributed by atoms with van der Waals surface area (Å²) in [6, 6.07) is 57.5. The van der Waals surface area contributed by atoms with E-state index in [1.165, 1.54) is 0 Å². The molecule has 0 aliphatic carbocycles. The number of anilines is 2. The molecule has 0 unspecified atom stereocenters. The normalized spacial score (nSPS) is 11.6. The molecule has 8 nitrogen and oxygen atoms in total. The van der Waals surface area contributed by atoms with Gasteiger partial charge in [-0.3, -0.25) is 9.59 Å². The van der Waals surface area contributed by atoms with E-state index < -0.39 is 0 Å². The topological polar surface area (TPSA) is 108 Å². The molecule has 9 rings (SSSR count). The van der Waals surface area contributed by atoms with Crippen LogP contribution in [0.5, 0.6) is 0 Å². The van der Waals surface area contributed by atoms with E-state index in [0.717, 1.165) is 54.5 Å². The Hall–Kier alpha value is -7.84. The van der Waals surface area contributed by atoms with E-state index in [4.69, 9.17) is 0 Å².